The lowest BCUT2D eigenvalue weighted by Crippen LogP contribution is -2.16. The molecule has 0 aromatic rings. The summed E-state index contributed by atoms with van der Waals surface area (Å²) in [7, 11) is 0. The van der Waals surface area contributed by atoms with E-state index in [0.717, 1.165) is 0 Å². The third-order valence-electron chi connectivity index (χ3n) is 1.91. The third-order valence-corrected chi connectivity index (χ3v) is 2.35. The van der Waals surface area contributed by atoms with E-state index in [0.29, 0.717) is 6.61 Å². The van der Waals surface area contributed by atoms with Gasteiger partial charge in [0.2, 0.25) is 0 Å². The molecule has 0 saturated heterocycles. The zero-order valence-electron chi connectivity index (χ0n) is 11.6. The zero-order valence-corrected chi connectivity index (χ0v) is 12.3. The average Bonchev–Trinajstić information content (AvgIpc) is 2.30. The van der Waals surface area contributed by atoms with Crippen LogP contribution >= 0.6 is 11.6 Å². The topological polar surface area (TPSA) is 52.6 Å². The van der Waals surface area contributed by atoms with E-state index in [1.807, 2.05) is 27.7 Å². The molecule has 104 valence electrons. The molecular weight excluding hydrogens is 256 g/mol. The van der Waals surface area contributed by atoms with Crippen LogP contribution in [-0.2, 0) is 19.1 Å². The highest BCUT2D eigenvalue weighted by atomic mass is 35.5. The molecule has 0 bridgehead atoms. The summed E-state index contributed by atoms with van der Waals surface area (Å²) >= 11 is 5.78. The summed E-state index contributed by atoms with van der Waals surface area (Å²) < 4.78 is 9.90. The summed E-state index contributed by atoms with van der Waals surface area (Å²) in [6.07, 6.45) is 0. The summed E-state index contributed by atoms with van der Waals surface area (Å²) in [5.74, 6) is -0.834. The summed E-state index contributed by atoms with van der Waals surface area (Å²) in [5, 5.41) is -0.218. The van der Waals surface area contributed by atoms with Crippen molar-refractivity contribution in [3.05, 3.63) is 10.6 Å². The van der Waals surface area contributed by atoms with Crippen LogP contribution in [0.2, 0.25) is 0 Å². The van der Waals surface area contributed by atoms with Crippen LogP contribution in [-0.4, -0.2) is 25.2 Å². The molecule has 0 unspecified atom stereocenters. The van der Waals surface area contributed by atoms with E-state index in [4.69, 9.17) is 21.1 Å². The highest BCUT2D eigenvalue weighted by Gasteiger charge is 2.18. The van der Waals surface area contributed by atoms with Crippen LogP contribution in [0.25, 0.3) is 0 Å². The molecule has 0 amide bonds. The van der Waals surface area contributed by atoms with Gasteiger partial charge in [-0.3, -0.25) is 0 Å². The van der Waals surface area contributed by atoms with Gasteiger partial charge in [-0.25, -0.2) is 9.59 Å². The highest BCUT2D eigenvalue weighted by molar-refractivity contribution is 6.43. The predicted octanol–water partition coefficient (Wildman–Crippen LogP) is 2.90. The summed E-state index contributed by atoms with van der Waals surface area (Å²) in [6.45, 7) is 9.67. The molecule has 0 aliphatic heterocycles. The molecule has 18 heavy (non-hydrogen) atoms. The van der Waals surface area contributed by atoms with Crippen molar-refractivity contribution in [3.8, 4) is 0 Å². The van der Waals surface area contributed by atoms with Gasteiger partial charge in [-0.2, -0.15) is 0 Å². The summed E-state index contributed by atoms with van der Waals surface area (Å²) in [4.78, 5) is 23.1. The minimum absolute atomic E-state index is 0.0751. The first-order chi connectivity index (χ1) is 8.25. The number of halogens is 1. The second-order valence-corrected chi connectivity index (χ2v) is 5.30. The minimum Gasteiger partial charge on any atom is -0.462 e. The lowest BCUT2D eigenvalue weighted by Gasteiger charge is -2.10. The minimum atomic E-state index is -0.690. The molecule has 0 aliphatic carbocycles. The molecule has 0 radical (unpaired) electrons. The maximum atomic E-state index is 11.6. The second kappa shape index (κ2) is 8.14. The van der Waals surface area contributed by atoms with Gasteiger partial charge in [-0.1, -0.05) is 39.3 Å². The molecule has 0 N–H and O–H groups in total. The quantitative estimate of drug-likeness (QED) is 0.553. The lowest BCUT2D eigenvalue weighted by atomic mass is 10.2. The number of rotatable bonds is 6. The molecule has 0 fully saturated rings. The summed E-state index contributed by atoms with van der Waals surface area (Å²) in [5.41, 5.74) is 0.0751. The van der Waals surface area contributed by atoms with Gasteiger partial charge in [0.05, 0.1) is 18.8 Å². The van der Waals surface area contributed by atoms with Crippen molar-refractivity contribution in [2.75, 3.05) is 13.2 Å². The Bertz CT molecular complexity index is 300. The molecule has 0 aromatic carbocycles. The molecule has 0 spiro atoms. The number of hydrogen-bond acceptors (Lipinski definition) is 4. The van der Waals surface area contributed by atoms with E-state index < -0.39 is 11.9 Å². The van der Waals surface area contributed by atoms with Crippen LogP contribution in [0.1, 0.15) is 34.6 Å². The smallest absolute Gasteiger partial charge is 0.350 e. The average molecular weight is 277 g/mol. The fraction of sp³-hybridized carbons (Fsp3) is 0.692. The van der Waals surface area contributed by atoms with Crippen LogP contribution in [0.4, 0.5) is 0 Å². The van der Waals surface area contributed by atoms with Gasteiger partial charge in [0, 0.05) is 0 Å². The van der Waals surface area contributed by atoms with Gasteiger partial charge in [0.15, 0.2) is 0 Å². The third kappa shape index (κ3) is 6.64. The largest absolute Gasteiger partial charge is 0.462 e. The van der Waals surface area contributed by atoms with Crippen LogP contribution in [0, 0.1) is 11.8 Å². The number of hydrogen-bond donors (Lipinski definition) is 0. The molecular formula is C13H21ClO4. The van der Waals surface area contributed by atoms with E-state index in [1.54, 1.807) is 0 Å². The number of carbonyl (C=O) groups excluding carboxylic acids is 2. The lowest BCUT2D eigenvalue weighted by molar-refractivity contribution is -0.142. The molecule has 0 saturated carbocycles. The van der Waals surface area contributed by atoms with Crippen molar-refractivity contribution in [3.63, 3.8) is 0 Å². The second-order valence-electron chi connectivity index (χ2n) is 4.92. The number of ether oxygens (including phenoxy) is 2. The molecule has 0 aromatic heterocycles. The van der Waals surface area contributed by atoms with Crippen molar-refractivity contribution in [1.29, 1.82) is 0 Å². The van der Waals surface area contributed by atoms with E-state index in [1.165, 1.54) is 6.92 Å². The van der Waals surface area contributed by atoms with Crippen molar-refractivity contribution in [1.82, 2.24) is 0 Å². The molecule has 0 aliphatic rings. The zero-order chi connectivity index (χ0) is 14.3. The Balaban J connectivity index is 4.49. The van der Waals surface area contributed by atoms with E-state index in [-0.39, 0.29) is 29.0 Å². The molecule has 0 rings (SSSR count). The Morgan fingerprint density at radius 3 is 1.72 bits per heavy atom. The predicted molar refractivity (Wildman–Crippen MR) is 70.1 cm³/mol. The van der Waals surface area contributed by atoms with Crippen molar-refractivity contribution < 1.29 is 19.1 Å². The van der Waals surface area contributed by atoms with Gasteiger partial charge in [-0.15, -0.1) is 0 Å². The van der Waals surface area contributed by atoms with Crippen LogP contribution < -0.4 is 0 Å². The standard InChI is InChI=1S/C13H21ClO4/c1-8(2)6-17-12(15)10(5)11(14)13(16)18-7-9(3)4/h8-9H,6-7H2,1-5H3/b11-10+. The van der Waals surface area contributed by atoms with Crippen LogP contribution in [0.5, 0.6) is 0 Å². The summed E-state index contributed by atoms with van der Waals surface area (Å²) in [6, 6.07) is 0. The van der Waals surface area contributed by atoms with Crippen molar-refractivity contribution >= 4 is 23.5 Å². The molecule has 4 nitrogen and oxygen atoms in total. The highest BCUT2D eigenvalue weighted by Crippen LogP contribution is 2.14. The van der Waals surface area contributed by atoms with Gasteiger partial charge in [-0.05, 0) is 18.8 Å². The van der Waals surface area contributed by atoms with Crippen LogP contribution in [0.15, 0.2) is 10.6 Å². The van der Waals surface area contributed by atoms with Gasteiger partial charge in [0.25, 0.3) is 0 Å². The van der Waals surface area contributed by atoms with Gasteiger partial charge >= 0.3 is 11.9 Å². The molecule has 5 heteroatoms. The van der Waals surface area contributed by atoms with Crippen LogP contribution in [0.3, 0.4) is 0 Å². The number of esters is 2. The first kappa shape index (κ1) is 17.0. The fourth-order valence-electron chi connectivity index (χ4n) is 0.899. The Hall–Kier alpha value is -1.03. The molecule has 0 heterocycles. The first-order valence-corrected chi connectivity index (χ1v) is 6.34. The Labute approximate surface area is 113 Å². The molecule has 0 atom stereocenters. The Morgan fingerprint density at radius 2 is 1.33 bits per heavy atom. The van der Waals surface area contributed by atoms with Crippen molar-refractivity contribution in [2.24, 2.45) is 11.8 Å². The van der Waals surface area contributed by atoms with E-state index in [9.17, 15) is 9.59 Å². The maximum absolute atomic E-state index is 11.6. The van der Waals surface area contributed by atoms with Gasteiger partial charge in [0.1, 0.15) is 5.03 Å². The Morgan fingerprint density at radius 1 is 0.944 bits per heavy atom. The number of carbonyl (C=O) groups is 2. The monoisotopic (exact) mass is 276 g/mol. The Kier molecular flexibility index (Phi) is 7.67. The van der Waals surface area contributed by atoms with Gasteiger partial charge < -0.3 is 9.47 Å². The normalized spacial score (nSPS) is 12.4. The van der Waals surface area contributed by atoms with E-state index in [2.05, 4.69) is 0 Å². The first-order valence-electron chi connectivity index (χ1n) is 5.96. The fourth-order valence-corrected chi connectivity index (χ4v) is 1.03. The van der Waals surface area contributed by atoms with E-state index >= 15 is 0 Å². The van der Waals surface area contributed by atoms with Crippen molar-refractivity contribution in [2.45, 2.75) is 34.6 Å². The maximum Gasteiger partial charge on any atom is 0.350 e. The SMILES string of the molecule is C/C(C(=O)OCC(C)C)=C(\Cl)C(=O)OCC(C)C.